The molecule has 0 aromatic heterocycles. The van der Waals surface area contributed by atoms with Gasteiger partial charge >= 0.3 is 0 Å². The largest absolute Gasteiger partial charge is 0.310 e. The molecule has 0 bridgehead atoms. The molecule has 0 heterocycles. The number of hydrogen-bond donors (Lipinski definition) is 0. The zero-order chi connectivity index (χ0) is 42.0. The molecule has 1 fully saturated rings. The van der Waals surface area contributed by atoms with Gasteiger partial charge < -0.3 is 4.90 Å². The van der Waals surface area contributed by atoms with E-state index in [9.17, 15) is 0 Å². The van der Waals surface area contributed by atoms with Crippen molar-refractivity contribution in [3.63, 3.8) is 0 Å². The Bertz CT molecular complexity index is 2920. The first-order valence-electron chi connectivity index (χ1n) is 22.9. The number of benzene rings is 8. The highest BCUT2D eigenvalue weighted by atomic mass is 15.1. The van der Waals surface area contributed by atoms with Gasteiger partial charge in [-0.25, -0.2) is 0 Å². The topological polar surface area (TPSA) is 3.24 Å². The van der Waals surface area contributed by atoms with E-state index in [-0.39, 0.29) is 10.8 Å². The van der Waals surface area contributed by atoms with Crippen LogP contribution in [0.3, 0.4) is 0 Å². The maximum atomic E-state index is 2.47. The van der Waals surface area contributed by atoms with Gasteiger partial charge in [-0.2, -0.15) is 0 Å². The zero-order valence-corrected chi connectivity index (χ0v) is 36.6. The molecule has 11 rings (SSSR count). The van der Waals surface area contributed by atoms with Crippen molar-refractivity contribution in [1.29, 1.82) is 0 Å². The summed E-state index contributed by atoms with van der Waals surface area (Å²) in [6.45, 7) is 9.53. The van der Waals surface area contributed by atoms with E-state index in [0.29, 0.717) is 5.92 Å². The van der Waals surface area contributed by atoms with E-state index in [0.717, 1.165) is 17.1 Å². The molecule has 62 heavy (non-hydrogen) atoms. The number of anilines is 3. The van der Waals surface area contributed by atoms with Crippen LogP contribution in [0.5, 0.6) is 0 Å². The number of fused-ring (bicyclic) bond motifs is 6. The lowest BCUT2D eigenvalue weighted by Crippen LogP contribution is -2.16. The van der Waals surface area contributed by atoms with Crippen molar-refractivity contribution in [3.05, 3.63) is 210 Å². The molecular formula is C61H55N. The second kappa shape index (κ2) is 15.2. The van der Waals surface area contributed by atoms with Crippen molar-refractivity contribution < 1.29 is 0 Å². The highest BCUT2D eigenvalue weighted by Gasteiger charge is 2.39. The number of nitrogens with zero attached hydrogens (tertiary/aromatic N) is 1. The summed E-state index contributed by atoms with van der Waals surface area (Å²) >= 11 is 0. The average molecular weight is 802 g/mol. The minimum absolute atomic E-state index is 0.0307. The van der Waals surface area contributed by atoms with Crippen LogP contribution in [-0.2, 0) is 10.8 Å². The Morgan fingerprint density at radius 2 is 0.871 bits per heavy atom. The Balaban J connectivity index is 0.969. The summed E-state index contributed by atoms with van der Waals surface area (Å²) in [5.74, 6) is 0.707. The highest BCUT2D eigenvalue weighted by Crippen LogP contribution is 2.55. The molecule has 0 radical (unpaired) electrons. The van der Waals surface area contributed by atoms with Gasteiger partial charge in [0.05, 0.1) is 0 Å². The zero-order valence-electron chi connectivity index (χ0n) is 36.6. The van der Waals surface area contributed by atoms with Crippen LogP contribution in [-0.4, -0.2) is 0 Å². The SMILES string of the molecule is CC1(C)c2ccc(-c3cccc4c3-c3ccccc3C4(C)C)cc2-c2ccc(N(c3ccc(-c4ccccc4)cc3)c3ccc(-c4ccc(C5CCCCCC5)cc4)cc3)cc21. The monoisotopic (exact) mass is 801 g/mol. The Labute approximate surface area is 368 Å². The summed E-state index contributed by atoms with van der Waals surface area (Å²) in [4.78, 5) is 2.44. The third-order valence-corrected chi connectivity index (χ3v) is 14.8. The molecule has 0 amide bonds. The molecule has 8 aromatic rings. The molecule has 0 saturated heterocycles. The molecule has 3 aliphatic rings. The minimum Gasteiger partial charge on any atom is -0.310 e. The fraction of sp³-hybridized carbons (Fsp3) is 0.213. The Morgan fingerprint density at radius 3 is 1.55 bits per heavy atom. The summed E-state index contributed by atoms with van der Waals surface area (Å²) < 4.78 is 0. The second-order valence-corrected chi connectivity index (χ2v) is 19.1. The van der Waals surface area contributed by atoms with E-state index in [1.165, 1.54) is 122 Å². The van der Waals surface area contributed by atoms with E-state index in [1.807, 2.05) is 0 Å². The van der Waals surface area contributed by atoms with Crippen LogP contribution < -0.4 is 4.90 Å². The van der Waals surface area contributed by atoms with E-state index < -0.39 is 0 Å². The molecule has 1 heteroatoms. The summed E-state index contributed by atoms with van der Waals surface area (Å²) in [7, 11) is 0. The lowest BCUT2D eigenvalue weighted by molar-refractivity contribution is 0.592. The van der Waals surface area contributed by atoms with Gasteiger partial charge in [0.15, 0.2) is 0 Å². The molecule has 0 unspecified atom stereocenters. The maximum Gasteiger partial charge on any atom is 0.0465 e. The molecule has 0 aliphatic heterocycles. The van der Waals surface area contributed by atoms with Crippen molar-refractivity contribution >= 4 is 17.1 Å². The molecule has 0 atom stereocenters. The first-order valence-corrected chi connectivity index (χ1v) is 22.9. The van der Waals surface area contributed by atoms with Crippen molar-refractivity contribution in [1.82, 2.24) is 0 Å². The van der Waals surface area contributed by atoms with Crippen LogP contribution in [0.25, 0.3) is 55.6 Å². The first kappa shape index (κ1) is 38.5. The molecular weight excluding hydrogens is 747 g/mol. The summed E-state index contributed by atoms with van der Waals surface area (Å²) in [5.41, 5.74) is 23.3. The van der Waals surface area contributed by atoms with Crippen LogP contribution >= 0.6 is 0 Å². The van der Waals surface area contributed by atoms with Gasteiger partial charge in [-0.05, 0) is 145 Å². The summed E-state index contributed by atoms with van der Waals surface area (Å²) in [6, 6.07) is 68.7. The Hall–Kier alpha value is -6.44. The number of hydrogen-bond acceptors (Lipinski definition) is 1. The van der Waals surface area contributed by atoms with Gasteiger partial charge in [-0.15, -0.1) is 0 Å². The fourth-order valence-corrected chi connectivity index (χ4v) is 11.3. The summed E-state index contributed by atoms with van der Waals surface area (Å²) in [6.07, 6.45) is 8.15. The summed E-state index contributed by atoms with van der Waals surface area (Å²) in [5, 5.41) is 0. The van der Waals surface area contributed by atoms with E-state index in [1.54, 1.807) is 0 Å². The van der Waals surface area contributed by atoms with Gasteiger partial charge in [0.2, 0.25) is 0 Å². The fourth-order valence-electron chi connectivity index (χ4n) is 11.3. The lowest BCUT2D eigenvalue weighted by atomic mass is 9.81. The van der Waals surface area contributed by atoms with Crippen LogP contribution in [0.4, 0.5) is 17.1 Å². The lowest BCUT2D eigenvalue weighted by Gasteiger charge is -2.28. The Kier molecular flexibility index (Phi) is 9.42. The van der Waals surface area contributed by atoms with Crippen molar-refractivity contribution in [2.24, 2.45) is 0 Å². The van der Waals surface area contributed by atoms with Gasteiger partial charge in [0.1, 0.15) is 0 Å². The van der Waals surface area contributed by atoms with Gasteiger partial charge in [-0.3, -0.25) is 0 Å². The van der Waals surface area contributed by atoms with Crippen LogP contribution in [0.15, 0.2) is 182 Å². The third kappa shape index (κ3) is 6.44. The van der Waals surface area contributed by atoms with Gasteiger partial charge in [-0.1, -0.05) is 193 Å². The van der Waals surface area contributed by atoms with Crippen LogP contribution in [0.1, 0.15) is 100.0 Å². The molecule has 0 N–H and O–H groups in total. The predicted octanol–water partition coefficient (Wildman–Crippen LogP) is 17.2. The van der Waals surface area contributed by atoms with Gasteiger partial charge in [0.25, 0.3) is 0 Å². The van der Waals surface area contributed by atoms with Crippen LogP contribution in [0, 0.1) is 0 Å². The van der Waals surface area contributed by atoms with Crippen LogP contribution in [0.2, 0.25) is 0 Å². The third-order valence-electron chi connectivity index (χ3n) is 14.8. The minimum atomic E-state index is -0.165. The molecule has 3 aliphatic carbocycles. The first-order chi connectivity index (χ1) is 30.3. The Morgan fingerprint density at radius 1 is 0.355 bits per heavy atom. The number of rotatable bonds is 7. The van der Waals surface area contributed by atoms with Crippen molar-refractivity contribution in [2.45, 2.75) is 83.0 Å². The molecule has 1 saturated carbocycles. The average Bonchev–Trinajstić information content (AvgIpc) is 3.49. The maximum absolute atomic E-state index is 2.47. The van der Waals surface area contributed by atoms with Crippen molar-refractivity contribution in [2.75, 3.05) is 4.90 Å². The predicted molar refractivity (Wildman–Crippen MR) is 263 cm³/mol. The smallest absolute Gasteiger partial charge is 0.0465 e. The molecule has 8 aromatic carbocycles. The normalized spacial score (nSPS) is 15.9. The molecule has 0 spiro atoms. The van der Waals surface area contributed by atoms with E-state index in [4.69, 9.17) is 0 Å². The van der Waals surface area contributed by atoms with E-state index >= 15 is 0 Å². The quantitative estimate of drug-likeness (QED) is 0.145. The van der Waals surface area contributed by atoms with E-state index in [2.05, 4.69) is 215 Å². The molecule has 1 nitrogen and oxygen atoms in total. The molecule has 304 valence electrons. The second-order valence-electron chi connectivity index (χ2n) is 19.1. The highest BCUT2D eigenvalue weighted by molar-refractivity contribution is 5.95. The van der Waals surface area contributed by atoms with Gasteiger partial charge in [0, 0.05) is 27.9 Å². The standard InChI is InChI=1S/C61H55N/c1-60(2)55-21-13-12-19-53(55)59-51(20-14-22-57(59)60)47-31-38-56-54(39-47)52-37-36-50(40-58(52)61(56,3)4)62(48-32-27-45(28-33-48)42-17-10-7-11-18-42)49-34-29-46(30-35-49)44-25-23-43(24-26-44)41-15-8-5-6-9-16-41/h7,10-14,17-41H,5-6,8-9,15-16H2,1-4H3. The van der Waals surface area contributed by atoms with Crippen molar-refractivity contribution in [3.8, 4) is 55.6 Å².